The van der Waals surface area contributed by atoms with Crippen molar-refractivity contribution in [2.24, 2.45) is 4.99 Å². The molecular formula is C26H33FN4O4. The van der Waals surface area contributed by atoms with Crippen LogP contribution in [0.2, 0.25) is 0 Å². The third-order valence-corrected chi connectivity index (χ3v) is 6.87. The van der Waals surface area contributed by atoms with Gasteiger partial charge in [0, 0.05) is 48.7 Å². The Morgan fingerprint density at radius 3 is 2.77 bits per heavy atom. The molecule has 3 heterocycles. The minimum Gasteiger partial charge on any atom is -0.456 e. The van der Waals surface area contributed by atoms with Gasteiger partial charge < -0.3 is 19.5 Å². The Morgan fingerprint density at radius 1 is 1.26 bits per heavy atom. The molecule has 0 aliphatic carbocycles. The summed E-state index contributed by atoms with van der Waals surface area (Å²) in [6.07, 6.45) is 3.39. The molecule has 4 rings (SSSR count). The second-order valence-electron chi connectivity index (χ2n) is 9.39. The lowest BCUT2D eigenvalue weighted by Crippen LogP contribution is -2.36. The number of benzene rings is 1. The third-order valence-electron chi connectivity index (χ3n) is 6.87. The molecule has 9 heteroatoms. The number of hydrogen-bond donors (Lipinski definition) is 1. The number of aliphatic imine (C=N–C) groups is 1. The Hall–Kier alpha value is -3.07. The number of rotatable bonds is 5. The Morgan fingerprint density at radius 2 is 2.03 bits per heavy atom. The molecule has 2 aliphatic heterocycles. The summed E-state index contributed by atoms with van der Waals surface area (Å²) in [5.41, 5.74) is 3.43. The summed E-state index contributed by atoms with van der Waals surface area (Å²) in [4.78, 5) is 31.3. The summed E-state index contributed by atoms with van der Waals surface area (Å²) in [6.45, 7) is 8.13. The van der Waals surface area contributed by atoms with E-state index >= 15 is 0 Å². The number of nitrogens with zero attached hydrogens (tertiary/aromatic N) is 3. The number of nitrogens with one attached hydrogen (secondary N) is 1. The first-order valence-corrected chi connectivity index (χ1v) is 12.3. The van der Waals surface area contributed by atoms with Crippen LogP contribution in [0.3, 0.4) is 0 Å². The highest BCUT2D eigenvalue weighted by atomic mass is 19.1. The van der Waals surface area contributed by atoms with Crippen molar-refractivity contribution < 1.29 is 23.2 Å². The molecule has 8 nitrogen and oxygen atoms in total. The topological polar surface area (TPSA) is 97.0 Å². The molecule has 1 saturated heterocycles. The molecular weight excluding hydrogens is 451 g/mol. The fraction of sp³-hybridized carbons (Fsp3) is 0.538. The number of esters is 1. The van der Waals surface area contributed by atoms with E-state index < -0.39 is 0 Å². The highest BCUT2D eigenvalue weighted by molar-refractivity contribution is 5.95. The SMILES string of the molecule is CC(=O)OC1CCCNC(=O)C(CCN2CCC(c3noc4cc(F)ccc34)CC2)=C(C)N=C1C. The molecule has 188 valence electrons. The number of hydrogen-bond acceptors (Lipinski definition) is 7. The first-order valence-electron chi connectivity index (χ1n) is 12.3. The first kappa shape index (κ1) is 25.0. The first-order chi connectivity index (χ1) is 16.8. The van der Waals surface area contributed by atoms with Gasteiger partial charge in [0.05, 0.1) is 11.4 Å². The molecule has 0 saturated carbocycles. The molecule has 1 unspecified atom stereocenters. The van der Waals surface area contributed by atoms with Crippen LogP contribution in [0.4, 0.5) is 4.39 Å². The van der Waals surface area contributed by atoms with Gasteiger partial charge in [0.15, 0.2) is 5.58 Å². The minimum atomic E-state index is -0.373. The van der Waals surface area contributed by atoms with Crippen molar-refractivity contribution in [2.75, 3.05) is 26.2 Å². The number of carbonyl (C=O) groups is 2. The van der Waals surface area contributed by atoms with E-state index in [0.29, 0.717) is 48.4 Å². The van der Waals surface area contributed by atoms with Gasteiger partial charge in [0.2, 0.25) is 5.91 Å². The molecule has 1 atom stereocenters. The van der Waals surface area contributed by atoms with Crippen molar-refractivity contribution in [1.82, 2.24) is 15.4 Å². The largest absolute Gasteiger partial charge is 0.456 e. The number of halogens is 1. The molecule has 2 aromatic rings. The van der Waals surface area contributed by atoms with Gasteiger partial charge in [-0.1, -0.05) is 5.16 Å². The van der Waals surface area contributed by atoms with Crippen LogP contribution in [0.1, 0.15) is 64.5 Å². The number of fused-ring (bicyclic) bond motifs is 1. The van der Waals surface area contributed by atoms with Crippen LogP contribution in [0, 0.1) is 5.82 Å². The van der Waals surface area contributed by atoms with Gasteiger partial charge >= 0.3 is 5.97 Å². The van der Waals surface area contributed by atoms with E-state index in [0.717, 1.165) is 43.6 Å². The molecule has 1 amide bonds. The zero-order valence-electron chi connectivity index (χ0n) is 20.6. The molecule has 1 fully saturated rings. The minimum absolute atomic E-state index is 0.0822. The van der Waals surface area contributed by atoms with Gasteiger partial charge in [-0.15, -0.1) is 0 Å². The van der Waals surface area contributed by atoms with Crippen LogP contribution < -0.4 is 5.32 Å². The lowest BCUT2D eigenvalue weighted by atomic mass is 9.91. The van der Waals surface area contributed by atoms with Gasteiger partial charge in [-0.3, -0.25) is 14.6 Å². The van der Waals surface area contributed by atoms with Crippen LogP contribution in [-0.2, 0) is 14.3 Å². The molecule has 0 bridgehead atoms. The number of aromatic nitrogens is 1. The normalized spacial score (nSPS) is 21.1. The highest BCUT2D eigenvalue weighted by Gasteiger charge is 2.26. The monoisotopic (exact) mass is 484 g/mol. The predicted octanol–water partition coefficient (Wildman–Crippen LogP) is 4.11. The molecule has 1 aromatic carbocycles. The summed E-state index contributed by atoms with van der Waals surface area (Å²) >= 11 is 0. The fourth-order valence-electron chi connectivity index (χ4n) is 4.94. The molecule has 35 heavy (non-hydrogen) atoms. The van der Waals surface area contributed by atoms with Crippen molar-refractivity contribution in [2.45, 2.75) is 64.9 Å². The van der Waals surface area contributed by atoms with Gasteiger partial charge in [-0.25, -0.2) is 4.39 Å². The molecule has 2 aliphatic rings. The maximum Gasteiger partial charge on any atom is 0.303 e. The summed E-state index contributed by atoms with van der Waals surface area (Å²) in [5.74, 6) is -0.477. The van der Waals surface area contributed by atoms with Crippen LogP contribution in [0.25, 0.3) is 11.0 Å². The average molecular weight is 485 g/mol. The van der Waals surface area contributed by atoms with Crippen LogP contribution >= 0.6 is 0 Å². The van der Waals surface area contributed by atoms with Crippen molar-refractivity contribution in [3.63, 3.8) is 0 Å². The van der Waals surface area contributed by atoms with Gasteiger partial charge in [-0.05, 0) is 71.2 Å². The van der Waals surface area contributed by atoms with E-state index in [1.807, 2.05) is 13.8 Å². The van der Waals surface area contributed by atoms with Crippen molar-refractivity contribution in [1.29, 1.82) is 0 Å². The second kappa shape index (κ2) is 11.1. The van der Waals surface area contributed by atoms with Crippen LogP contribution in [0.15, 0.2) is 39.0 Å². The summed E-state index contributed by atoms with van der Waals surface area (Å²) in [6, 6.07) is 4.56. The lowest BCUT2D eigenvalue weighted by molar-refractivity contribution is -0.143. The summed E-state index contributed by atoms with van der Waals surface area (Å²) in [7, 11) is 0. The zero-order valence-corrected chi connectivity index (χ0v) is 20.6. The number of carbonyl (C=O) groups excluding carboxylic acids is 2. The summed E-state index contributed by atoms with van der Waals surface area (Å²) in [5, 5.41) is 8.09. The van der Waals surface area contributed by atoms with E-state index in [4.69, 9.17) is 9.26 Å². The van der Waals surface area contributed by atoms with E-state index in [1.54, 1.807) is 6.07 Å². The van der Waals surface area contributed by atoms with Gasteiger partial charge in [0.25, 0.3) is 0 Å². The van der Waals surface area contributed by atoms with Crippen LogP contribution in [-0.4, -0.2) is 59.9 Å². The Kier molecular flexibility index (Phi) is 7.95. The van der Waals surface area contributed by atoms with Crippen molar-refractivity contribution in [3.05, 3.63) is 41.0 Å². The molecule has 0 spiro atoms. The second-order valence-corrected chi connectivity index (χ2v) is 9.39. The average Bonchev–Trinajstić information content (AvgIpc) is 3.23. The van der Waals surface area contributed by atoms with Crippen LogP contribution in [0.5, 0.6) is 0 Å². The maximum atomic E-state index is 13.5. The Labute approximate surface area is 204 Å². The highest BCUT2D eigenvalue weighted by Crippen LogP contribution is 2.33. The Balaban J connectivity index is 1.40. The number of likely N-dealkylation sites (tertiary alicyclic amines) is 1. The molecule has 1 aromatic heterocycles. The zero-order chi connectivity index (χ0) is 24.9. The fourth-order valence-corrected chi connectivity index (χ4v) is 4.94. The molecule has 1 N–H and O–H groups in total. The smallest absolute Gasteiger partial charge is 0.303 e. The quantitative estimate of drug-likeness (QED) is 0.642. The Bertz CT molecular complexity index is 1150. The van der Waals surface area contributed by atoms with E-state index in [9.17, 15) is 14.0 Å². The molecule has 0 radical (unpaired) electrons. The third kappa shape index (κ3) is 6.14. The number of allylic oxidation sites excluding steroid dienone is 1. The standard InChI is InChI=1S/C26H33FN4O4/c1-16-21(26(33)28-11-4-5-23(17(2)29-16)34-18(3)32)10-14-31-12-8-19(9-13-31)25-22-7-6-20(27)15-24(22)35-30-25/h6-7,15,19,23H,4-5,8-14H2,1-3H3,(H,28,33). The number of piperidine rings is 1. The number of amides is 1. The maximum absolute atomic E-state index is 13.5. The van der Waals surface area contributed by atoms with Crippen molar-refractivity contribution in [3.8, 4) is 0 Å². The number of ether oxygens (including phenoxy) is 1. The van der Waals surface area contributed by atoms with E-state index in [-0.39, 0.29) is 29.7 Å². The van der Waals surface area contributed by atoms with E-state index in [2.05, 4.69) is 20.4 Å². The van der Waals surface area contributed by atoms with Gasteiger partial charge in [-0.2, -0.15) is 0 Å². The van der Waals surface area contributed by atoms with Gasteiger partial charge in [0.1, 0.15) is 11.9 Å². The summed E-state index contributed by atoms with van der Waals surface area (Å²) < 4.78 is 24.2. The van der Waals surface area contributed by atoms with Crippen molar-refractivity contribution >= 4 is 28.6 Å². The lowest BCUT2D eigenvalue weighted by Gasteiger charge is -2.31. The predicted molar refractivity (Wildman–Crippen MR) is 131 cm³/mol. The van der Waals surface area contributed by atoms with E-state index in [1.165, 1.54) is 19.1 Å².